The molecule has 8 heteroatoms. The van der Waals surface area contributed by atoms with Crippen LogP contribution in [0.2, 0.25) is 0 Å². The van der Waals surface area contributed by atoms with Crippen LogP contribution in [0.1, 0.15) is 0 Å². The molecular weight excluding hydrogens is 330 g/mol. The highest BCUT2D eigenvalue weighted by atomic mass is 79.9. The Kier molecular flexibility index (Phi) is 4.68. The smallest absolute Gasteiger partial charge is 0.236 e. The predicted octanol–water partition coefficient (Wildman–Crippen LogP) is 2.68. The number of hydrogen-bond acceptors (Lipinski definition) is 6. The van der Waals surface area contributed by atoms with Crippen LogP contribution < -0.4 is 5.32 Å². The first kappa shape index (κ1) is 12.4. The van der Waals surface area contributed by atoms with E-state index in [1.165, 1.54) is 23.1 Å². The van der Waals surface area contributed by atoms with E-state index >= 15 is 0 Å². The summed E-state index contributed by atoms with van der Waals surface area (Å²) in [4.78, 5) is 19.8. The van der Waals surface area contributed by atoms with Gasteiger partial charge in [0, 0.05) is 5.75 Å². The van der Waals surface area contributed by atoms with E-state index in [1.807, 2.05) is 0 Å². The van der Waals surface area contributed by atoms with Gasteiger partial charge >= 0.3 is 0 Å². The molecule has 2 rings (SSSR count). The second-order valence-electron chi connectivity index (χ2n) is 2.80. The van der Waals surface area contributed by atoms with Gasteiger partial charge in [-0.2, -0.15) is 0 Å². The summed E-state index contributed by atoms with van der Waals surface area (Å²) in [7, 11) is 0. The SMILES string of the molecule is O=C(CSC1=NCCS1)Nc1ncc(Br)s1. The molecule has 0 saturated carbocycles. The van der Waals surface area contributed by atoms with E-state index in [2.05, 4.69) is 31.2 Å². The molecule has 0 spiro atoms. The zero-order valence-electron chi connectivity index (χ0n) is 8.10. The Hall–Kier alpha value is -0.0500. The molecule has 1 aromatic rings. The molecule has 1 aliphatic heterocycles. The maximum Gasteiger partial charge on any atom is 0.236 e. The van der Waals surface area contributed by atoms with Crippen LogP contribution in [0.15, 0.2) is 15.0 Å². The summed E-state index contributed by atoms with van der Waals surface area (Å²) >= 11 is 7.89. The third-order valence-corrected chi connectivity index (χ3v) is 5.25. The number of aliphatic imine (C=N–C) groups is 1. The third-order valence-electron chi connectivity index (χ3n) is 1.61. The number of carbonyl (C=O) groups is 1. The van der Waals surface area contributed by atoms with Crippen molar-refractivity contribution < 1.29 is 4.79 Å². The highest BCUT2D eigenvalue weighted by Gasteiger charge is 2.11. The fourth-order valence-electron chi connectivity index (χ4n) is 0.998. The summed E-state index contributed by atoms with van der Waals surface area (Å²) in [6.45, 7) is 0.869. The Morgan fingerprint density at radius 3 is 3.19 bits per heavy atom. The molecule has 1 N–H and O–H groups in total. The van der Waals surface area contributed by atoms with E-state index in [1.54, 1.807) is 18.0 Å². The Bertz CT molecular complexity index is 420. The molecule has 16 heavy (non-hydrogen) atoms. The van der Waals surface area contributed by atoms with Crippen LogP contribution in [-0.2, 0) is 4.79 Å². The minimum absolute atomic E-state index is 0.0398. The first-order valence-electron chi connectivity index (χ1n) is 4.45. The standard InChI is InChI=1S/C8H8BrN3OS3/c9-5-3-11-7(16-5)12-6(13)4-15-8-10-1-2-14-8/h3H,1-2,4H2,(H,11,12,13). The van der Waals surface area contributed by atoms with Gasteiger partial charge in [-0.15, -0.1) is 0 Å². The van der Waals surface area contributed by atoms with E-state index in [4.69, 9.17) is 0 Å². The van der Waals surface area contributed by atoms with Gasteiger partial charge in [-0.05, 0) is 15.9 Å². The number of anilines is 1. The Morgan fingerprint density at radius 2 is 2.56 bits per heavy atom. The molecule has 0 atom stereocenters. The average Bonchev–Trinajstić information content (AvgIpc) is 2.87. The molecule has 0 unspecified atom stereocenters. The van der Waals surface area contributed by atoms with Crippen molar-refractivity contribution in [1.82, 2.24) is 4.98 Å². The number of nitrogens with one attached hydrogen (secondary N) is 1. The van der Waals surface area contributed by atoms with Crippen molar-refractivity contribution in [3.05, 3.63) is 9.98 Å². The number of aromatic nitrogens is 1. The van der Waals surface area contributed by atoms with E-state index in [0.29, 0.717) is 10.9 Å². The normalized spacial score (nSPS) is 14.9. The number of thiazole rings is 1. The molecule has 4 nitrogen and oxygen atoms in total. The maximum absolute atomic E-state index is 11.5. The number of amides is 1. The predicted molar refractivity (Wildman–Crippen MR) is 75.7 cm³/mol. The van der Waals surface area contributed by atoms with Crippen molar-refractivity contribution in [3.63, 3.8) is 0 Å². The van der Waals surface area contributed by atoms with E-state index in [9.17, 15) is 4.79 Å². The van der Waals surface area contributed by atoms with Gasteiger partial charge in [-0.1, -0.05) is 34.9 Å². The van der Waals surface area contributed by atoms with Crippen LogP contribution in [0, 0.1) is 0 Å². The van der Waals surface area contributed by atoms with Crippen molar-refractivity contribution in [2.75, 3.05) is 23.4 Å². The van der Waals surface area contributed by atoms with Crippen LogP contribution >= 0.6 is 50.8 Å². The highest BCUT2D eigenvalue weighted by Crippen LogP contribution is 2.24. The van der Waals surface area contributed by atoms with Gasteiger partial charge in [0.05, 0.1) is 22.3 Å². The first-order chi connectivity index (χ1) is 7.74. The quantitative estimate of drug-likeness (QED) is 0.921. The molecule has 2 heterocycles. The number of hydrogen-bond donors (Lipinski definition) is 1. The summed E-state index contributed by atoms with van der Waals surface area (Å²) in [5.41, 5.74) is 0. The van der Waals surface area contributed by atoms with Crippen LogP contribution in [0.4, 0.5) is 5.13 Å². The van der Waals surface area contributed by atoms with Gasteiger partial charge in [0.2, 0.25) is 5.91 Å². The summed E-state index contributed by atoms with van der Waals surface area (Å²) in [5, 5.41) is 3.36. The van der Waals surface area contributed by atoms with Gasteiger partial charge < -0.3 is 5.32 Å². The lowest BCUT2D eigenvalue weighted by Crippen LogP contribution is -2.14. The van der Waals surface area contributed by atoms with E-state index < -0.39 is 0 Å². The highest BCUT2D eigenvalue weighted by molar-refractivity contribution is 9.11. The lowest BCUT2D eigenvalue weighted by atomic mass is 10.7. The van der Waals surface area contributed by atoms with Crippen molar-refractivity contribution in [2.24, 2.45) is 4.99 Å². The summed E-state index contributed by atoms with van der Waals surface area (Å²) in [5.74, 6) is 1.38. The maximum atomic E-state index is 11.5. The lowest BCUT2D eigenvalue weighted by molar-refractivity contribution is -0.113. The second-order valence-corrected chi connectivity index (χ2v) is 7.52. The van der Waals surface area contributed by atoms with Gasteiger partial charge in [0.1, 0.15) is 4.38 Å². The summed E-state index contributed by atoms with van der Waals surface area (Å²) in [6, 6.07) is 0. The van der Waals surface area contributed by atoms with Crippen LogP contribution in [-0.4, -0.2) is 33.3 Å². The molecule has 0 radical (unpaired) electrons. The largest absolute Gasteiger partial charge is 0.301 e. The minimum atomic E-state index is -0.0398. The molecule has 0 fully saturated rings. The molecule has 0 aliphatic carbocycles. The minimum Gasteiger partial charge on any atom is -0.301 e. The summed E-state index contributed by atoms with van der Waals surface area (Å²) in [6.07, 6.45) is 1.67. The van der Waals surface area contributed by atoms with Gasteiger partial charge in [0.25, 0.3) is 0 Å². The van der Waals surface area contributed by atoms with Crippen LogP contribution in [0.3, 0.4) is 0 Å². The molecule has 1 aliphatic rings. The molecular formula is C8H8BrN3OS3. The van der Waals surface area contributed by atoms with E-state index in [0.717, 1.165) is 20.5 Å². The number of rotatable bonds is 3. The average molecular weight is 338 g/mol. The first-order valence-corrected chi connectivity index (χ1v) is 8.03. The Labute approximate surface area is 114 Å². The second kappa shape index (κ2) is 6.04. The fraction of sp³-hybridized carbons (Fsp3) is 0.375. The summed E-state index contributed by atoms with van der Waals surface area (Å²) < 4.78 is 1.92. The Balaban J connectivity index is 1.76. The van der Waals surface area contributed by atoms with Crippen molar-refractivity contribution >= 4 is 66.2 Å². The van der Waals surface area contributed by atoms with Gasteiger partial charge in [-0.3, -0.25) is 9.79 Å². The molecule has 0 bridgehead atoms. The number of carbonyl (C=O) groups excluding carboxylic acids is 1. The fourth-order valence-corrected chi connectivity index (χ4v) is 3.93. The van der Waals surface area contributed by atoms with Crippen molar-refractivity contribution in [3.8, 4) is 0 Å². The number of thioether (sulfide) groups is 2. The molecule has 86 valence electrons. The number of nitrogens with zero attached hydrogens (tertiary/aromatic N) is 2. The van der Waals surface area contributed by atoms with E-state index in [-0.39, 0.29) is 5.91 Å². The monoisotopic (exact) mass is 337 g/mol. The molecule has 1 amide bonds. The van der Waals surface area contributed by atoms with Crippen molar-refractivity contribution in [2.45, 2.75) is 0 Å². The third kappa shape index (κ3) is 3.76. The topological polar surface area (TPSA) is 54.4 Å². The Morgan fingerprint density at radius 1 is 1.69 bits per heavy atom. The van der Waals surface area contributed by atoms with Gasteiger partial charge in [-0.25, -0.2) is 4.98 Å². The zero-order chi connectivity index (χ0) is 11.4. The van der Waals surface area contributed by atoms with Gasteiger partial charge in [0.15, 0.2) is 5.13 Å². The van der Waals surface area contributed by atoms with Crippen LogP contribution in [0.5, 0.6) is 0 Å². The zero-order valence-corrected chi connectivity index (χ0v) is 12.1. The van der Waals surface area contributed by atoms with Crippen LogP contribution in [0.25, 0.3) is 0 Å². The molecule has 0 aromatic carbocycles. The lowest BCUT2D eigenvalue weighted by Gasteiger charge is -2.00. The number of halogens is 1. The van der Waals surface area contributed by atoms with Crippen molar-refractivity contribution in [1.29, 1.82) is 0 Å². The molecule has 1 aromatic heterocycles. The molecule has 0 saturated heterocycles.